The van der Waals surface area contributed by atoms with Gasteiger partial charge in [-0.3, -0.25) is 0 Å². The minimum atomic E-state index is -4.75. The van der Waals surface area contributed by atoms with Crippen LogP contribution in [0.4, 0.5) is 13.2 Å². The average molecular weight is 409 g/mol. The monoisotopic (exact) mass is 409 g/mol. The lowest BCUT2D eigenvalue weighted by Crippen LogP contribution is -2.17. The molecule has 0 atom stereocenters. The van der Waals surface area contributed by atoms with Crippen LogP contribution in [-0.4, -0.2) is 11.3 Å². The van der Waals surface area contributed by atoms with E-state index >= 15 is 0 Å². The van der Waals surface area contributed by atoms with Gasteiger partial charge in [-0.05, 0) is 47.7 Å². The molecule has 0 aliphatic carbocycles. The molecule has 0 spiro atoms. The number of unbranched alkanes of at least 4 members (excludes halogenated alkanes) is 2. The van der Waals surface area contributed by atoms with Gasteiger partial charge in [0.2, 0.25) is 5.88 Å². The molecule has 0 aliphatic rings. The van der Waals surface area contributed by atoms with Gasteiger partial charge in [0.1, 0.15) is 0 Å². The Balaban J connectivity index is 1.62. The lowest BCUT2D eigenvalue weighted by Gasteiger charge is -2.06. The first-order valence-corrected chi connectivity index (χ1v) is 9.86. The molecule has 3 rings (SSSR count). The highest BCUT2D eigenvalue weighted by Gasteiger charge is 2.31. The Hall–Kier alpha value is -3.26. The number of halogens is 3. The second-order valence-corrected chi connectivity index (χ2v) is 6.91. The number of pyridine rings is 1. The summed E-state index contributed by atoms with van der Waals surface area (Å²) in [5, 5.41) is 0. The summed E-state index contributed by atoms with van der Waals surface area (Å²) in [5.41, 5.74) is 4.93. The molecule has 0 unspecified atom stereocenters. The molecule has 154 valence electrons. The number of rotatable bonds is 6. The highest BCUT2D eigenvalue weighted by molar-refractivity contribution is 5.64. The first kappa shape index (κ1) is 21.4. The average Bonchev–Trinajstić information content (AvgIpc) is 2.73. The van der Waals surface area contributed by atoms with E-state index in [1.54, 1.807) is 0 Å². The van der Waals surface area contributed by atoms with Crippen molar-refractivity contribution >= 4 is 0 Å². The van der Waals surface area contributed by atoms with E-state index in [2.05, 4.69) is 52.8 Å². The fourth-order valence-electron chi connectivity index (χ4n) is 2.97. The van der Waals surface area contributed by atoms with Crippen LogP contribution >= 0.6 is 0 Å². The number of hydrogen-bond donors (Lipinski definition) is 0. The standard InChI is InChI=1S/C25H22F3NO/c1-2-3-4-5-19-8-13-22(14-9-19)23-15-10-20(11-16-23)6-7-21-12-17-24(29-18-21)30-25(26,27)28/h8-18H,2-5H2,1H3. The SMILES string of the molecule is CCCCCc1ccc(-c2ccc(C#Cc3ccc(OC(F)(F)F)nc3)cc2)cc1. The van der Waals surface area contributed by atoms with Crippen LogP contribution < -0.4 is 4.74 Å². The summed E-state index contributed by atoms with van der Waals surface area (Å²) in [4.78, 5) is 3.62. The highest BCUT2D eigenvalue weighted by Crippen LogP contribution is 2.22. The summed E-state index contributed by atoms with van der Waals surface area (Å²) in [5.74, 6) is 5.38. The summed E-state index contributed by atoms with van der Waals surface area (Å²) in [6.45, 7) is 2.21. The Morgan fingerprint density at radius 3 is 1.97 bits per heavy atom. The molecule has 0 saturated carbocycles. The molecular formula is C25H22F3NO. The third-order valence-corrected chi connectivity index (χ3v) is 4.55. The second-order valence-electron chi connectivity index (χ2n) is 6.91. The van der Waals surface area contributed by atoms with Crippen LogP contribution in [0.2, 0.25) is 0 Å². The Morgan fingerprint density at radius 1 is 0.800 bits per heavy atom. The van der Waals surface area contributed by atoms with E-state index in [1.807, 2.05) is 24.3 Å². The number of hydrogen-bond acceptors (Lipinski definition) is 2. The first-order valence-electron chi connectivity index (χ1n) is 9.86. The summed E-state index contributed by atoms with van der Waals surface area (Å²) >= 11 is 0. The topological polar surface area (TPSA) is 22.1 Å². The fraction of sp³-hybridized carbons (Fsp3) is 0.240. The Morgan fingerprint density at radius 2 is 1.40 bits per heavy atom. The molecule has 0 fully saturated rings. The van der Waals surface area contributed by atoms with Crippen LogP contribution in [-0.2, 0) is 6.42 Å². The van der Waals surface area contributed by atoms with Crippen LogP contribution in [0.5, 0.6) is 5.88 Å². The number of alkyl halides is 3. The highest BCUT2D eigenvalue weighted by atomic mass is 19.4. The number of aryl methyl sites for hydroxylation is 1. The summed E-state index contributed by atoms with van der Waals surface area (Å²) in [7, 11) is 0. The molecular weight excluding hydrogens is 387 g/mol. The molecule has 30 heavy (non-hydrogen) atoms. The van der Waals surface area contributed by atoms with Crippen molar-refractivity contribution < 1.29 is 17.9 Å². The first-order chi connectivity index (χ1) is 14.4. The molecule has 3 aromatic rings. The van der Waals surface area contributed by atoms with Gasteiger partial charge in [0.15, 0.2) is 0 Å². The maximum Gasteiger partial charge on any atom is 0.574 e. The van der Waals surface area contributed by atoms with Crippen LogP contribution in [0.3, 0.4) is 0 Å². The van der Waals surface area contributed by atoms with Gasteiger partial charge in [0.05, 0.1) is 0 Å². The molecule has 2 nitrogen and oxygen atoms in total. The molecule has 0 bridgehead atoms. The molecule has 0 amide bonds. The summed E-state index contributed by atoms with van der Waals surface area (Å²) in [6.07, 6.45) is 1.31. The Bertz CT molecular complexity index is 996. The molecule has 1 aromatic heterocycles. The number of ether oxygens (including phenoxy) is 1. The zero-order valence-electron chi connectivity index (χ0n) is 16.7. The number of aromatic nitrogens is 1. The van der Waals surface area contributed by atoms with Crippen molar-refractivity contribution in [3.8, 4) is 28.8 Å². The van der Waals surface area contributed by atoms with Gasteiger partial charge in [-0.15, -0.1) is 13.2 Å². The smallest absolute Gasteiger partial charge is 0.388 e. The third-order valence-electron chi connectivity index (χ3n) is 4.55. The molecule has 5 heteroatoms. The van der Waals surface area contributed by atoms with Crippen molar-refractivity contribution in [1.82, 2.24) is 4.98 Å². The van der Waals surface area contributed by atoms with E-state index in [-0.39, 0.29) is 0 Å². The number of nitrogens with zero attached hydrogens (tertiary/aromatic N) is 1. The molecule has 0 N–H and O–H groups in total. The molecule has 2 aromatic carbocycles. The zero-order chi connectivity index (χ0) is 21.4. The maximum atomic E-state index is 12.2. The molecule has 1 heterocycles. The van der Waals surface area contributed by atoms with Gasteiger partial charge in [0.25, 0.3) is 0 Å². The number of benzene rings is 2. The van der Waals surface area contributed by atoms with Crippen LogP contribution in [0.25, 0.3) is 11.1 Å². The largest absolute Gasteiger partial charge is 0.574 e. The van der Waals surface area contributed by atoms with E-state index in [0.29, 0.717) is 5.56 Å². The van der Waals surface area contributed by atoms with Gasteiger partial charge in [-0.2, -0.15) is 0 Å². The van der Waals surface area contributed by atoms with Gasteiger partial charge in [-0.1, -0.05) is 68.0 Å². The normalized spacial score (nSPS) is 10.9. The van der Waals surface area contributed by atoms with E-state index < -0.39 is 12.2 Å². The summed E-state index contributed by atoms with van der Waals surface area (Å²) < 4.78 is 40.2. The molecule has 0 aliphatic heterocycles. The van der Waals surface area contributed by atoms with Crippen molar-refractivity contribution in [1.29, 1.82) is 0 Å². The van der Waals surface area contributed by atoms with Gasteiger partial charge in [-0.25, -0.2) is 4.98 Å². The third kappa shape index (κ3) is 6.66. The molecule has 0 radical (unpaired) electrons. The van der Waals surface area contributed by atoms with E-state index in [4.69, 9.17) is 0 Å². The Labute approximate surface area is 174 Å². The van der Waals surface area contributed by atoms with E-state index in [0.717, 1.165) is 29.2 Å². The van der Waals surface area contributed by atoms with E-state index in [1.165, 1.54) is 37.1 Å². The minimum Gasteiger partial charge on any atom is -0.388 e. The Kier molecular flexibility index (Phi) is 7.13. The van der Waals surface area contributed by atoms with Gasteiger partial charge in [0, 0.05) is 23.4 Å². The van der Waals surface area contributed by atoms with Crippen molar-refractivity contribution in [2.24, 2.45) is 0 Å². The van der Waals surface area contributed by atoms with Gasteiger partial charge < -0.3 is 4.74 Å². The lowest BCUT2D eigenvalue weighted by atomic mass is 10.0. The second kappa shape index (κ2) is 9.98. The van der Waals surface area contributed by atoms with Crippen LogP contribution in [0.1, 0.15) is 42.9 Å². The predicted molar refractivity (Wildman–Crippen MR) is 112 cm³/mol. The van der Waals surface area contributed by atoms with Crippen LogP contribution in [0.15, 0.2) is 66.9 Å². The fourth-order valence-corrected chi connectivity index (χ4v) is 2.97. The van der Waals surface area contributed by atoms with Crippen molar-refractivity contribution in [3.63, 3.8) is 0 Å². The lowest BCUT2D eigenvalue weighted by molar-refractivity contribution is -0.276. The van der Waals surface area contributed by atoms with Crippen molar-refractivity contribution in [2.75, 3.05) is 0 Å². The quantitative estimate of drug-likeness (QED) is 0.331. The summed E-state index contributed by atoms with van der Waals surface area (Å²) in [6, 6.07) is 19.1. The zero-order valence-corrected chi connectivity index (χ0v) is 16.7. The maximum absolute atomic E-state index is 12.2. The van der Waals surface area contributed by atoms with Crippen LogP contribution in [0, 0.1) is 11.8 Å². The van der Waals surface area contributed by atoms with E-state index in [9.17, 15) is 13.2 Å². The van der Waals surface area contributed by atoms with Crippen molar-refractivity contribution in [2.45, 2.75) is 39.0 Å². The minimum absolute atomic E-state index is 0.506. The van der Waals surface area contributed by atoms with Gasteiger partial charge >= 0.3 is 6.36 Å². The molecule has 0 saturated heterocycles. The van der Waals surface area contributed by atoms with Crippen molar-refractivity contribution in [3.05, 3.63) is 83.6 Å². The predicted octanol–water partition coefficient (Wildman–Crippen LogP) is 6.78.